The van der Waals surface area contributed by atoms with Crippen molar-refractivity contribution in [2.75, 3.05) is 0 Å². The summed E-state index contributed by atoms with van der Waals surface area (Å²) in [5.74, 6) is 1.40. The minimum Gasteiger partial charge on any atom is -0.478 e. The van der Waals surface area contributed by atoms with E-state index in [9.17, 15) is 4.79 Å². The average Bonchev–Trinajstić information content (AvgIpc) is 3.16. The van der Waals surface area contributed by atoms with E-state index in [1.807, 2.05) is 72.8 Å². The smallest absolute Gasteiger partial charge is 0.267 e. The van der Waals surface area contributed by atoms with Gasteiger partial charge in [-0.25, -0.2) is 0 Å². The van der Waals surface area contributed by atoms with E-state index in [1.165, 1.54) is 0 Å². The van der Waals surface area contributed by atoms with E-state index in [0.717, 1.165) is 11.3 Å². The highest BCUT2D eigenvalue weighted by Gasteiger charge is 2.51. The van der Waals surface area contributed by atoms with E-state index in [2.05, 4.69) is 0 Å². The van der Waals surface area contributed by atoms with Gasteiger partial charge in [-0.2, -0.15) is 0 Å². The molecule has 0 saturated carbocycles. The first-order valence-electron chi connectivity index (χ1n) is 7.92. The summed E-state index contributed by atoms with van der Waals surface area (Å²) in [6.45, 7) is 0.541. The second-order valence-corrected chi connectivity index (χ2v) is 5.76. The van der Waals surface area contributed by atoms with Gasteiger partial charge in [-0.15, -0.1) is 0 Å². The van der Waals surface area contributed by atoms with Crippen molar-refractivity contribution >= 4 is 5.91 Å². The molecule has 0 aliphatic carbocycles. The van der Waals surface area contributed by atoms with Gasteiger partial charge >= 0.3 is 0 Å². The maximum absolute atomic E-state index is 12.6. The molecule has 1 fully saturated rings. The molecule has 2 atom stereocenters. The molecule has 0 unspecified atom stereocenters. The third kappa shape index (κ3) is 2.67. The molecule has 2 heterocycles. The van der Waals surface area contributed by atoms with Crippen LogP contribution in [0.15, 0.2) is 83.5 Å². The van der Waals surface area contributed by atoms with Crippen LogP contribution in [0.2, 0.25) is 0 Å². The van der Waals surface area contributed by atoms with Gasteiger partial charge in [0.05, 0.1) is 6.26 Å². The van der Waals surface area contributed by atoms with E-state index >= 15 is 0 Å². The number of likely N-dealkylation sites (tertiary alicyclic amines) is 1. The summed E-state index contributed by atoms with van der Waals surface area (Å²) in [6, 6.07) is 22.8. The molecule has 0 N–H and O–H groups in total. The van der Waals surface area contributed by atoms with Gasteiger partial charge < -0.3 is 14.1 Å². The van der Waals surface area contributed by atoms with Crippen molar-refractivity contribution in [3.8, 4) is 5.75 Å². The topological polar surface area (TPSA) is 42.7 Å². The Balaban J connectivity index is 1.58. The molecule has 0 radical (unpaired) electrons. The van der Waals surface area contributed by atoms with Crippen molar-refractivity contribution in [1.82, 2.24) is 4.90 Å². The third-order valence-corrected chi connectivity index (χ3v) is 4.19. The maximum atomic E-state index is 12.6. The number of amides is 1. The lowest BCUT2D eigenvalue weighted by Crippen LogP contribution is -2.60. The standard InChI is InChI=1S/C20H17NO3/c22-20-19(24-16-10-5-2-6-11-16)18(17-12-7-13-23-17)21(20)14-15-8-3-1-4-9-15/h1-13,18-19H,14H2/t18-,19+/m1/s1. The van der Waals surface area contributed by atoms with Crippen LogP contribution in [0.4, 0.5) is 0 Å². The fraction of sp³-hybridized carbons (Fsp3) is 0.150. The number of rotatable bonds is 5. The molecule has 1 amide bonds. The molecular formula is C20H17NO3. The predicted molar refractivity (Wildman–Crippen MR) is 89.3 cm³/mol. The second kappa shape index (κ2) is 6.24. The first-order chi connectivity index (χ1) is 11.8. The maximum Gasteiger partial charge on any atom is 0.267 e. The van der Waals surface area contributed by atoms with E-state index < -0.39 is 6.10 Å². The van der Waals surface area contributed by atoms with Gasteiger partial charge in [-0.1, -0.05) is 48.5 Å². The first-order valence-corrected chi connectivity index (χ1v) is 7.92. The molecule has 120 valence electrons. The minimum atomic E-state index is -0.553. The van der Waals surface area contributed by atoms with Gasteiger partial charge in [0.2, 0.25) is 6.10 Å². The number of ether oxygens (including phenoxy) is 1. The van der Waals surface area contributed by atoms with Crippen LogP contribution in [0.3, 0.4) is 0 Å². The van der Waals surface area contributed by atoms with Crippen molar-refractivity contribution in [2.24, 2.45) is 0 Å². The molecule has 1 aliphatic heterocycles. The number of β-lactam (4-membered cyclic amide) rings is 1. The zero-order chi connectivity index (χ0) is 16.4. The Labute approximate surface area is 140 Å². The average molecular weight is 319 g/mol. The van der Waals surface area contributed by atoms with Crippen molar-refractivity contribution in [2.45, 2.75) is 18.7 Å². The molecule has 2 aromatic carbocycles. The fourth-order valence-corrected chi connectivity index (χ4v) is 3.00. The van der Waals surface area contributed by atoms with E-state index in [4.69, 9.17) is 9.15 Å². The van der Waals surface area contributed by atoms with Crippen LogP contribution in [0, 0.1) is 0 Å². The fourth-order valence-electron chi connectivity index (χ4n) is 3.00. The lowest BCUT2D eigenvalue weighted by atomic mass is 9.94. The Hall–Kier alpha value is -3.01. The van der Waals surface area contributed by atoms with Gasteiger partial charge in [0.25, 0.3) is 5.91 Å². The summed E-state index contributed by atoms with van der Waals surface area (Å²) < 4.78 is 11.5. The molecule has 4 nitrogen and oxygen atoms in total. The summed E-state index contributed by atoms with van der Waals surface area (Å²) in [5.41, 5.74) is 1.08. The largest absolute Gasteiger partial charge is 0.478 e. The Morgan fingerprint density at radius 1 is 0.917 bits per heavy atom. The molecule has 1 aromatic heterocycles. The van der Waals surface area contributed by atoms with E-state index in [-0.39, 0.29) is 11.9 Å². The Morgan fingerprint density at radius 2 is 1.62 bits per heavy atom. The monoisotopic (exact) mass is 319 g/mol. The van der Waals surface area contributed by atoms with Gasteiger partial charge in [0.15, 0.2) is 0 Å². The number of hydrogen-bond acceptors (Lipinski definition) is 3. The Bertz CT molecular complexity index is 748. The van der Waals surface area contributed by atoms with Gasteiger partial charge in [0, 0.05) is 6.54 Å². The number of nitrogens with zero attached hydrogens (tertiary/aromatic N) is 1. The Morgan fingerprint density at radius 3 is 2.29 bits per heavy atom. The third-order valence-electron chi connectivity index (χ3n) is 4.19. The van der Waals surface area contributed by atoms with Crippen molar-refractivity contribution in [1.29, 1.82) is 0 Å². The summed E-state index contributed by atoms with van der Waals surface area (Å²) in [4.78, 5) is 14.4. The van der Waals surface area contributed by atoms with Gasteiger partial charge in [-0.05, 0) is 29.8 Å². The van der Waals surface area contributed by atoms with E-state index in [0.29, 0.717) is 12.3 Å². The van der Waals surface area contributed by atoms with Gasteiger partial charge in [-0.3, -0.25) is 4.79 Å². The number of carbonyl (C=O) groups is 1. The number of para-hydroxylation sites is 1. The Kier molecular flexibility index (Phi) is 3.79. The molecular weight excluding hydrogens is 302 g/mol. The highest BCUT2D eigenvalue weighted by Crippen LogP contribution is 2.38. The van der Waals surface area contributed by atoms with Gasteiger partial charge in [0.1, 0.15) is 17.6 Å². The molecule has 4 rings (SSSR count). The lowest BCUT2D eigenvalue weighted by Gasteiger charge is -2.45. The summed E-state index contributed by atoms with van der Waals surface area (Å²) >= 11 is 0. The highest BCUT2D eigenvalue weighted by molar-refractivity contribution is 5.89. The molecule has 3 aromatic rings. The molecule has 0 spiro atoms. The van der Waals surface area contributed by atoms with Crippen molar-refractivity contribution in [3.63, 3.8) is 0 Å². The lowest BCUT2D eigenvalue weighted by molar-refractivity contribution is -0.167. The van der Waals surface area contributed by atoms with E-state index in [1.54, 1.807) is 11.2 Å². The first kappa shape index (κ1) is 14.6. The number of furan rings is 1. The normalized spacial score (nSPS) is 19.8. The molecule has 24 heavy (non-hydrogen) atoms. The van der Waals surface area contributed by atoms with Crippen molar-refractivity contribution < 1.29 is 13.9 Å². The van der Waals surface area contributed by atoms with Crippen LogP contribution in [-0.2, 0) is 11.3 Å². The zero-order valence-corrected chi connectivity index (χ0v) is 13.0. The molecule has 0 bridgehead atoms. The number of carbonyl (C=O) groups excluding carboxylic acids is 1. The van der Waals surface area contributed by atoms with Crippen LogP contribution in [0.25, 0.3) is 0 Å². The van der Waals surface area contributed by atoms with Crippen LogP contribution >= 0.6 is 0 Å². The number of hydrogen-bond donors (Lipinski definition) is 0. The van der Waals surface area contributed by atoms with Crippen LogP contribution in [-0.4, -0.2) is 16.9 Å². The summed E-state index contributed by atoms with van der Waals surface area (Å²) in [6.07, 6.45) is 1.07. The zero-order valence-electron chi connectivity index (χ0n) is 13.0. The SMILES string of the molecule is O=C1[C@@H](Oc2ccccc2)[C@@H](c2ccco2)N1Cc1ccccc1. The van der Waals surface area contributed by atoms with Crippen LogP contribution < -0.4 is 4.74 Å². The quantitative estimate of drug-likeness (QED) is 0.672. The summed E-state index contributed by atoms with van der Waals surface area (Å²) in [5, 5.41) is 0. The van der Waals surface area contributed by atoms with Crippen LogP contribution in [0.5, 0.6) is 5.75 Å². The predicted octanol–water partition coefficient (Wildman–Crippen LogP) is 3.81. The van der Waals surface area contributed by atoms with Crippen molar-refractivity contribution in [3.05, 3.63) is 90.4 Å². The summed E-state index contributed by atoms with van der Waals surface area (Å²) in [7, 11) is 0. The number of benzene rings is 2. The van der Waals surface area contributed by atoms with Crippen LogP contribution in [0.1, 0.15) is 17.4 Å². The molecule has 1 saturated heterocycles. The second-order valence-electron chi connectivity index (χ2n) is 5.76. The molecule has 4 heteroatoms. The molecule has 1 aliphatic rings. The highest BCUT2D eigenvalue weighted by atomic mass is 16.5. The minimum absolute atomic E-state index is 0.0240.